The van der Waals surface area contributed by atoms with E-state index in [1.807, 2.05) is 12.1 Å². The Bertz CT molecular complexity index is 443. The third-order valence-corrected chi connectivity index (χ3v) is 2.96. The molecule has 0 amide bonds. The molecule has 0 saturated heterocycles. The van der Waals surface area contributed by atoms with Crippen molar-refractivity contribution >= 4 is 5.97 Å². The molecule has 0 saturated carbocycles. The lowest BCUT2D eigenvalue weighted by Gasteiger charge is -2.20. The summed E-state index contributed by atoms with van der Waals surface area (Å²) in [5, 5.41) is 12.2. The molecular formula is C14H21NO4. The van der Waals surface area contributed by atoms with E-state index in [0.717, 1.165) is 17.1 Å². The van der Waals surface area contributed by atoms with Gasteiger partial charge in [0.25, 0.3) is 0 Å². The number of nitrogens with one attached hydrogen (secondary N) is 1. The van der Waals surface area contributed by atoms with Gasteiger partial charge in [0.2, 0.25) is 0 Å². The standard InChI is InChI=1S/C14H21NO4/c1-14(2,13(16)17)9-15-8-10-5-6-11(18-3)7-12(10)19-4/h5-7,15H,8-9H2,1-4H3,(H,16,17). The minimum atomic E-state index is -0.818. The highest BCUT2D eigenvalue weighted by atomic mass is 16.5. The molecule has 1 aromatic rings. The molecule has 0 atom stereocenters. The van der Waals surface area contributed by atoms with E-state index in [1.54, 1.807) is 34.1 Å². The fourth-order valence-electron chi connectivity index (χ4n) is 1.58. The van der Waals surface area contributed by atoms with E-state index >= 15 is 0 Å². The number of carboxylic acid groups (broad SMARTS) is 1. The minimum Gasteiger partial charge on any atom is -0.497 e. The van der Waals surface area contributed by atoms with Crippen molar-refractivity contribution in [2.24, 2.45) is 5.41 Å². The SMILES string of the molecule is COc1ccc(CNCC(C)(C)C(=O)O)c(OC)c1. The lowest BCUT2D eigenvalue weighted by molar-refractivity contribution is -0.146. The highest BCUT2D eigenvalue weighted by molar-refractivity contribution is 5.73. The van der Waals surface area contributed by atoms with Gasteiger partial charge in [0.15, 0.2) is 0 Å². The quantitative estimate of drug-likeness (QED) is 0.789. The van der Waals surface area contributed by atoms with Crippen LogP contribution in [0, 0.1) is 5.41 Å². The van der Waals surface area contributed by atoms with Crippen LogP contribution in [-0.4, -0.2) is 31.8 Å². The largest absolute Gasteiger partial charge is 0.497 e. The maximum atomic E-state index is 11.0. The van der Waals surface area contributed by atoms with Crippen LogP contribution in [0.1, 0.15) is 19.4 Å². The molecule has 19 heavy (non-hydrogen) atoms. The number of hydrogen-bond acceptors (Lipinski definition) is 4. The first-order chi connectivity index (χ1) is 8.90. The Balaban J connectivity index is 2.65. The Morgan fingerprint density at radius 3 is 2.53 bits per heavy atom. The topological polar surface area (TPSA) is 67.8 Å². The van der Waals surface area contributed by atoms with Crippen LogP contribution >= 0.6 is 0 Å². The summed E-state index contributed by atoms with van der Waals surface area (Å²) < 4.78 is 10.4. The van der Waals surface area contributed by atoms with E-state index in [2.05, 4.69) is 5.32 Å². The number of benzene rings is 1. The molecule has 0 unspecified atom stereocenters. The minimum absolute atomic E-state index is 0.386. The van der Waals surface area contributed by atoms with Gasteiger partial charge in [0.05, 0.1) is 19.6 Å². The zero-order valence-corrected chi connectivity index (χ0v) is 11.8. The van der Waals surface area contributed by atoms with E-state index in [4.69, 9.17) is 14.6 Å². The van der Waals surface area contributed by atoms with E-state index < -0.39 is 11.4 Å². The van der Waals surface area contributed by atoms with Gasteiger partial charge in [-0.15, -0.1) is 0 Å². The fourth-order valence-corrected chi connectivity index (χ4v) is 1.58. The molecule has 0 bridgehead atoms. The molecule has 5 heteroatoms. The van der Waals surface area contributed by atoms with Crippen LogP contribution in [0.5, 0.6) is 11.5 Å². The average Bonchev–Trinajstić information content (AvgIpc) is 2.38. The fraction of sp³-hybridized carbons (Fsp3) is 0.500. The van der Waals surface area contributed by atoms with Gasteiger partial charge in [-0.3, -0.25) is 4.79 Å². The van der Waals surface area contributed by atoms with Gasteiger partial charge in [0.1, 0.15) is 11.5 Å². The van der Waals surface area contributed by atoms with Crippen LogP contribution < -0.4 is 14.8 Å². The van der Waals surface area contributed by atoms with Crippen LogP contribution in [0.3, 0.4) is 0 Å². The highest BCUT2D eigenvalue weighted by Crippen LogP contribution is 2.24. The predicted molar refractivity (Wildman–Crippen MR) is 72.7 cm³/mol. The van der Waals surface area contributed by atoms with Gasteiger partial charge < -0.3 is 19.9 Å². The van der Waals surface area contributed by atoms with Gasteiger partial charge in [-0.25, -0.2) is 0 Å². The van der Waals surface area contributed by atoms with Crippen LogP contribution in [0.4, 0.5) is 0 Å². The van der Waals surface area contributed by atoms with E-state index in [9.17, 15) is 4.79 Å². The molecule has 5 nitrogen and oxygen atoms in total. The zero-order valence-electron chi connectivity index (χ0n) is 11.8. The molecule has 2 N–H and O–H groups in total. The lowest BCUT2D eigenvalue weighted by Crippen LogP contribution is -2.35. The van der Waals surface area contributed by atoms with Crippen molar-refractivity contribution in [3.63, 3.8) is 0 Å². The normalized spacial score (nSPS) is 11.2. The molecule has 1 rings (SSSR count). The number of aliphatic carboxylic acids is 1. The maximum absolute atomic E-state index is 11.0. The molecule has 0 aliphatic heterocycles. The molecule has 0 aliphatic rings. The molecule has 0 heterocycles. The number of carboxylic acids is 1. The second-order valence-corrected chi connectivity index (χ2v) is 4.97. The molecular weight excluding hydrogens is 246 g/mol. The third-order valence-electron chi connectivity index (χ3n) is 2.96. The molecule has 0 aromatic heterocycles. The van der Waals surface area contributed by atoms with Crippen molar-refractivity contribution in [1.82, 2.24) is 5.32 Å². The van der Waals surface area contributed by atoms with Crippen LogP contribution in [0.15, 0.2) is 18.2 Å². The summed E-state index contributed by atoms with van der Waals surface area (Å²) in [7, 11) is 3.20. The summed E-state index contributed by atoms with van der Waals surface area (Å²) in [6.45, 7) is 4.31. The van der Waals surface area contributed by atoms with Gasteiger partial charge in [0, 0.05) is 24.7 Å². The lowest BCUT2D eigenvalue weighted by atomic mass is 9.94. The van der Waals surface area contributed by atoms with E-state index in [1.165, 1.54) is 0 Å². The van der Waals surface area contributed by atoms with Gasteiger partial charge in [-0.1, -0.05) is 6.07 Å². The van der Waals surface area contributed by atoms with Gasteiger partial charge >= 0.3 is 5.97 Å². The van der Waals surface area contributed by atoms with Crippen LogP contribution in [0.25, 0.3) is 0 Å². The van der Waals surface area contributed by atoms with Crippen LogP contribution in [-0.2, 0) is 11.3 Å². The van der Waals surface area contributed by atoms with E-state index in [0.29, 0.717) is 13.1 Å². The maximum Gasteiger partial charge on any atom is 0.310 e. The van der Waals surface area contributed by atoms with Crippen molar-refractivity contribution in [3.05, 3.63) is 23.8 Å². The summed E-state index contributed by atoms with van der Waals surface area (Å²) in [5.41, 5.74) is 0.171. The molecule has 1 aromatic carbocycles. The Morgan fingerprint density at radius 1 is 1.32 bits per heavy atom. The smallest absolute Gasteiger partial charge is 0.310 e. The Labute approximate surface area is 113 Å². The first kappa shape index (κ1) is 15.3. The Hall–Kier alpha value is -1.75. The molecule has 106 valence electrons. The summed E-state index contributed by atoms with van der Waals surface area (Å²) in [6, 6.07) is 5.56. The summed E-state index contributed by atoms with van der Waals surface area (Å²) in [5.74, 6) is 0.633. The Kier molecular flexibility index (Phi) is 5.18. The number of ether oxygens (including phenoxy) is 2. The monoisotopic (exact) mass is 267 g/mol. The summed E-state index contributed by atoms with van der Waals surface area (Å²) >= 11 is 0. The summed E-state index contributed by atoms with van der Waals surface area (Å²) in [6.07, 6.45) is 0. The molecule has 0 aliphatic carbocycles. The number of hydrogen-bond donors (Lipinski definition) is 2. The number of rotatable bonds is 7. The van der Waals surface area contributed by atoms with Crippen molar-refractivity contribution in [1.29, 1.82) is 0 Å². The van der Waals surface area contributed by atoms with E-state index in [-0.39, 0.29) is 0 Å². The number of carbonyl (C=O) groups is 1. The first-order valence-electron chi connectivity index (χ1n) is 6.05. The molecule has 0 spiro atoms. The van der Waals surface area contributed by atoms with Crippen molar-refractivity contribution < 1.29 is 19.4 Å². The molecule has 0 fully saturated rings. The highest BCUT2D eigenvalue weighted by Gasteiger charge is 2.26. The van der Waals surface area contributed by atoms with Gasteiger partial charge in [-0.2, -0.15) is 0 Å². The number of methoxy groups -OCH3 is 2. The third kappa shape index (κ3) is 4.13. The van der Waals surface area contributed by atoms with Crippen LogP contribution in [0.2, 0.25) is 0 Å². The second-order valence-electron chi connectivity index (χ2n) is 4.97. The molecule has 0 radical (unpaired) electrons. The van der Waals surface area contributed by atoms with Gasteiger partial charge in [-0.05, 0) is 19.9 Å². The van der Waals surface area contributed by atoms with Crippen molar-refractivity contribution in [2.45, 2.75) is 20.4 Å². The predicted octanol–water partition coefficient (Wildman–Crippen LogP) is 1.90. The zero-order chi connectivity index (χ0) is 14.5. The Morgan fingerprint density at radius 2 is 2.00 bits per heavy atom. The van der Waals surface area contributed by atoms with Crippen molar-refractivity contribution in [3.8, 4) is 11.5 Å². The second kappa shape index (κ2) is 6.43. The van der Waals surface area contributed by atoms with Crippen molar-refractivity contribution in [2.75, 3.05) is 20.8 Å². The first-order valence-corrected chi connectivity index (χ1v) is 6.05. The average molecular weight is 267 g/mol. The summed E-state index contributed by atoms with van der Waals surface area (Å²) in [4.78, 5) is 11.0.